The zero-order chi connectivity index (χ0) is 24.2. The van der Waals surface area contributed by atoms with E-state index in [0.29, 0.717) is 25.1 Å². The molecule has 2 N–H and O–H groups in total. The van der Waals surface area contributed by atoms with Crippen LogP contribution >= 0.6 is 0 Å². The lowest BCUT2D eigenvalue weighted by atomic mass is 9.69. The molecule has 178 valence electrons. The van der Waals surface area contributed by atoms with Gasteiger partial charge in [0.05, 0.1) is 36.9 Å². The SMILES string of the molecule is COCC(C)(C)c1c([C@H]2C[C@H](C(=O)O)C2)c2nc3[nH]ncc3cc2n1-c1ccc(F)c(OC)c1. The average molecular weight is 467 g/mol. The fourth-order valence-electron chi connectivity index (χ4n) is 5.18. The standard InChI is InChI=1S/C25H27FN4O4/c1-25(2,12-33-3)22-20(13-7-14(8-13)24(31)32)21-18(9-15-11-27-29-23(15)28-21)30(22)16-5-6-17(26)19(10-16)34-4/h5-6,9-11,13-14H,7-8,12H2,1-4H3,(H,31,32)(H,27,28,29)/t13-,14-. The predicted molar refractivity (Wildman–Crippen MR) is 125 cm³/mol. The van der Waals surface area contributed by atoms with Gasteiger partial charge in [-0.15, -0.1) is 0 Å². The van der Waals surface area contributed by atoms with Crippen molar-refractivity contribution in [2.75, 3.05) is 20.8 Å². The van der Waals surface area contributed by atoms with E-state index in [4.69, 9.17) is 14.5 Å². The number of carboxylic acid groups (broad SMARTS) is 1. The van der Waals surface area contributed by atoms with Crippen LogP contribution in [0.3, 0.4) is 0 Å². The first-order valence-corrected chi connectivity index (χ1v) is 11.2. The maximum Gasteiger partial charge on any atom is 0.306 e. The molecule has 0 saturated heterocycles. The van der Waals surface area contributed by atoms with Crippen molar-refractivity contribution in [3.8, 4) is 11.4 Å². The molecule has 0 radical (unpaired) electrons. The van der Waals surface area contributed by atoms with Gasteiger partial charge >= 0.3 is 5.97 Å². The predicted octanol–water partition coefficient (Wildman–Crippen LogP) is 4.55. The van der Waals surface area contributed by atoms with Gasteiger partial charge in [-0.1, -0.05) is 13.8 Å². The molecule has 0 bridgehead atoms. The molecule has 1 aromatic carbocycles. The number of rotatable bonds is 7. The normalized spacial score (nSPS) is 18.4. The Hall–Kier alpha value is -3.46. The molecule has 1 fully saturated rings. The largest absolute Gasteiger partial charge is 0.494 e. The van der Waals surface area contributed by atoms with Crippen LogP contribution in [0.2, 0.25) is 0 Å². The Morgan fingerprint density at radius 1 is 1.29 bits per heavy atom. The van der Waals surface area contributed by atoms with E-state index >= 15 is 0 Å². The molecule has 9 heteroatoms. The third kappa shape index (κ3) is 3.42. The molecule has 34 heavy (non-hydrogen) atoms. The fourth-order valence-corrected chi connectivity index (χ4v) is 5.18. The number of hydrogen-bond donors (Lipinski definition) is 2. The maximum atomic E-state index is 14.3. The fraction of sp³-hybridized carbons (Fsp3) is 0.400. The Labute approximate surface area is 195 Å². The minimum atomic E-state index is -0.773. The Bertz CT molecular complexity index is 1400. The van der Waals surface area contributed by atoms with E-state index in [2.05, 4.69) is 28.6 Å². The minimum Gasteiger partial charge on any atom is -0.494 e. The van der Waals surface area contributed by atoms with Gasteiger partial charge in [0, 0.05) is 40.9 Å². The summed E-state index contributed by atoms with van der Waals surface area (Å²) in [5, 5.41) is 17.4. The molecule has 5 rings (SSSR count). The first-order chi connectivity index (χ1) is 16.2. The first-order valence-electron chi connectivity index (χ1n) is 11.2. The first kappa shape index (κ1) is 22.3. The van der Waals surface area contributed by atoms with Gasteiger partial charge in [0.15, 0.2) is 17.2 Å². The van der Waals surface area contributed by atoms with Crippen molar-refractivity contribution < 1.29 is 23.8 Å². The summed E-state index contributed by atoms with van der Waals surface area (Å²) >= 11 is 0. The van der Waals surface area contributed by atoms with Crippen molar-refractivity contribution in [1.82, 2.24) is 19.7 Å². The van der Waals surface area contributed by atoms with Crippen LogP contribution in [-0.4, -0.2) is 51.7 Å². The Morgan fingerprint density at radius 2 is 2.06 bits per heavy atom. The number of aromatic nitrogens is 4. The number of aromatic amines is 1. The van der Waals surface area contributed by atoms with Crippen LogP contribution < -0.4 is 4.74 Å². The number of pyridine rings is 1. The molecular weight excluding hydrogens is 439 g/mol. The Kier molecular flexibility index (Phi) is 5.31. The highest BCUT2D eigenvalue weighted by Crippen LogP contribution is 2.49. The number of benzene rings is 1. The van der Waals surface area contributed by atoms with Crippen LogP contribution in [0.4, 0.5) is 4.39 Å². The molecule has 1 saturated carbocycles. The van der Waals surface area contributed by atoms with E-state index in [-0.39, 0.29) is 17.6 Å². The molecule has 1 aliphatic carbocycles. The highest BCUT2D eigenvalue weighted by Gasteiger charge is 2.42. The minimum absolute atomic E-state index is 0.0335. The molecule has 0 amide bonds. The summed E-state index contributed by atoms with van der Waals surface area (Å²) < 4.78 is 27.2. The number of nitrogens with one attached hydrogen (secondary N) is 1. The van der Waals surface area contributed by atoms with Gasteiger partial charge < -0.3 is 19.1 Å². The second-order valence-corrected chi connectivity index (χ2v) is 9.60. The van der Waals surface area contributed by atoms with Gasteiger partial charge in [0.25, 0.3) is 0 Å². The second-order valence-electron chi connectivity index (χ2n) is 9.60. The number of halogens is 1. The molecular formula is C25H27FN4O4. The summed E-state index contributed by atoms with van der Waals surface area (Å²) in [7, 11) is 3.10. The Morgan fingerprint density at radius 3 is 2.74 bits per heavy atom. The summed E-state index contributed by atoms with van der Waals surface area (Å²) in [6.07, 6.45) is 2.80. The zero-order valence-corrected chi connectivity index (χ0v) is 19.6. The summed E-state index contributed by atoms with van der Waals surface area (Å²) in [4.78, 5) is 16.5. The van der Waals surface area contributed by atoms with Crippen molar-refractivity contribution in [1.29, 1.82) is 0 Å². The van der Waals surface area contributed by atoms with Crippen LogP contribution in [0.1, 0.15) is 43.9 Å². The van der Waals surface area contributed by atoms with Gasteiger partial charge in [-0.3, -0.25) is 9.89 Å². The van der Waals surface area contributed by atoms with Crippen molar-refractivity contribution in [2.45, 2.75) is 38.0 Å². The molecule has 0 spiro atoms. The van der Waals surface area contributed by atoms with Crippen LogP contribution in [0.25, 0.3) is 27.8 Å². The lowest BCUT2D eigenvalue weighted by Crippen LogP contribution is -2.33. The highest BCUT2D eigenvalue weighted by molar-refractivity contribution is 5.94. The van der Waals surface area contributed by atoms with Crippen molar-refractivity contribution in [3.05, 3.63) is 47.5 Å². The van der Waals surface area contributed by atoms with E-state index in [1.807, 2.05) is 6.07 Å². The van der Waals surface area contributed by atoms with E-state index in [0.717, 1.165) is 33.4 Å². The number of methoxy groups -OCH3 is 2. The zero-order valence-electron chi connectivity index (χ0n) is 19.6. The monoisotopic (exact) mass is 466 g/mol. The highest BCUT2D eigenvalue weighted by atomic mass is 19.1. The van der Waals surface area contributed by atoms with Crippen LogP contribution in [0, 0.1) is 11.7 Å². The Balaban J connectivity index is 1.86. The smallest absolute Gasteiger partial charge is 0.306 e. The maximum absolute atomic E-state index is 14.3. The van der Waals surface area contributed by atoms with Gasteiger partial charge in [-0.05, 0) is 37.0 Å². The summed E-state index contributed by atoms with van der Waals surface area (Å²) in [5.74, 6) is -1.41. The number of ether oxygens (including phenoxy) is 2. The molecule has 0 aliphatic heterocycles. The third-order valence-electron chi connectivity index (χ3n) is 6.82. The number of H-pyrrole nitrogens is 1. The van der Waals surface area contributed by atoms with Crippen LogP contribution in [0.15, 0.2) is 30.5 Å². The molecule has 1 aliphatic rings. The second kappa shape index (κ2) is 8.09. The average Bonchev–Trinajstić information content (AvgIpc) is 3.34. The topological polar surface area (TPSA) is 102 Å². The number of hydrogen-bond acceptors (Lipinski definition) is 5. The van der Waals surface area contributed by atoms with Gasteiger partial charge in [-0.25, -0.2) is 9.37 Å². The summed E-state index contributed by atoms with van der Waals surface area (Å²) in [5.41, 5.74) is 4.55. The van der Waals surface area contributed by atoms with Crippen molar-refractivity contribution in [2.24, 2.45) is 5.92 Å². The summed E-state index contributed by atoms with van der Waals surface area (Å²) in [6.45, 7) is 4.61. The van der Waals surface area contributed by atoms with Gasteiger partial charge in [-0.2, -0.15) is 5.10 Å². The number of carbonyl (C=O) groups is 1. The lowest BCUT2D eigenvalue weighted by Gasteiger charge is -2.36. The quantitative estimate of drug-likeness (QED) is 0.414. The van der Waals surface area contributed by atoms with E-state index in [9.17, 15) is 14.3 Å². The van der Waals surface area contributed by atoms with Crippen molar-refractivity contribution >= 4 is 28.0 Å². The molecule has 0 atom stereocenters. The molecule has 3 heterocycles. The number of fused-ring (bicyclic) bond motifs is 2. The van der Waals surface area contributed by atoms with E-state index < -0.39 is 17.2 Å². The molecule has 3 aromatic heterocycles. The number of nitrogens with zero attached hydrogens (tertiary/aromatic N) is 3. The molecule has 0 unspecified atom stereocenters. The van der Waals surface area contributed by atoms with E-state index in [1.165, 1.54) is 13.2 Å². The van der Waals surface area contributed by atoms with E-state index in [1.54, 1.807) is 25.4 Å². The molecule has 8 nitrogen and oxygen atoms in total. The number of carboxylic acids is 1. The van der Waals surface area contributed by atoms with Gasteiger partial charge in [0.2, 0.25) is 0 Å². The van der Waals surface area contributed by atoms with Crippen LogP contribution in [0.5, 0.6) is 5.75 Å². The summed E-state index contributed by atoms with van der Waals surface area (Å²) in [6, 6.07) is 6.79. The molecule has 4 aromatic rings. The lowest BCUT2D eigenvalue weighted by molar-refractivity contribution is -0.145. The van der Waals surface area contributed by atoms with Crippen molar-refractivity contribution in [3.63, 3.8) is 0 Å². The number of aliphatic carboxylic acids is 1. The van der Waals surface area contributed by atoms with Crippen LogP contribution in [-0.2, 0) is 14.9 Å². The van der Waals surface area contributed by atoms with Gasteiger partial charge in [0.1, 0.15) is 0 Å². The third-order valence-corrected chi connectivity index (χ3v) is 6.82.